The van der Waals surface area contributed by atoms with Crippen molar-refractivity contribution in [2.45, 2.75) is 33.6 Å². The summed E-state index contributed by atoms with van der Waals surface area (Å²) in [5.74, 6) is 0.517. The summed E-state index contributed by atoms with van der Waals surface area (Å²) in [6.07, 6.45) is 1.81. The number of hydrogen-bond donors (Lipinski definition) is 1. The van der Waals surface area contributed by atoms with Gasteiger partial charge in [0.25, 0.3) is 11.7 Å². The Morgan fingerprint density at radius 2 is 1.69 bits per heavy atom. The van der Waals surface area contributed by atoms with E-state index in [1.54, 1.807) is 17.6 Å². The Morgan fingerprint density at radius 3 is 2.38 bits per heavy atom. The molecule has 3 aromatic heterocycles. The van der Waals surface area contributed by atoms with E-state index in [1.807, 2.05) is 63.4 Å². The molecule has 1 aromatic carbocycles. The number of piperazine rings is 1. The van der Waals surface area contributed by atoms with Crippen LogP contribution in [0.15, 0.2) is 60.8 Å². The van der Waals surface area contributed by atoms with Gasteiger partial charge in [0.15, 0.2) is 0 Å². The number of fused-ring (bicyclic) bond motifs is 1. The average molecular weight is 526 g/mol. The lowest BCUT2D eigenvalue weighted by atomic mass is 10.0. The van der Waals surface area contributed by atoms with Crippen LogP contribution < -0.4 is 19.9 Å². The summed E-state index contributed by atoms with van der Waals surface area (Å²) >= 11 is 0. The van der Waals surface area contributed by atoms with Crippen LogP contribution in [0.25, 0.3) is 5.52 Å². The van der Waals surface area contributed by atoms with Gasteiger partial charge in [-0.05, 0) is 73.4 Å². The number of carbonyl (C=O) groups excluding carboxylic acids is 2. The number of pyridine rings is 2. The van der Waals surface area contributed by atoms with E-state index in [1.165, 1.54) is 5.56 Å². The maximum atomic E-state index is 13.3. The van der Waals surface area contributed by atoms with Crippen LogP contribution in [0.2, 0.25) is 0 Å². The summed E-state index contributed by atoms with van der Waals surface area (Å²) in [6.45, 7) is 11.5. The molecule has 1 fully saturated rings. The number of aryl methyl sites for hydroxylation is 2. The van der Waals surface area contributed by atoms with Gasteiger partial charge in [-0.25, -0.2) is 4.98 Å². The number of amides is 1. The Bertz CT molecular complexity index is 1510. The topological polar surface area (TPSA) is 79.2 Å². The van der Waals surface area contributed by atoms with Crippen LogP contribution in [0.4, 0.5) is 17.2 Å². The van der Waals surface area contributed by atoms with E-state index in [4.69, 9.17) is 9.72 Å². The van der Waals surface area contributed by atoms with Crippen molar-refractivity contribution >= 4 is 34.4 Å². The molecule has 1 aliphatic heterocycles. The molecule has 1 aliphatic rings. The molecule has 0 bridgehead atoms. The van der Waals surface area contributed by atoms with Crippen LogP contribution >= 0.6 is 0 Å². The molecule has 0 unspecified atom stereocenters. The number of carbonyl (C=O) groups is 2. The SMILES string of the molecule is COc1cc(NC(=O)C(=O)c2c(C(C)C)cc3ccccn23)ccc1N1CCN(c2cc(C)cc(C)n2)CC1. The molecule has 4 heterocycles. The molecule has 4 aromatic rings. The first-order valence-corrected chi connectivity index (χ1v) is 13.3. The monoisotopic (exact) mass is 525 g/mol. The zero-order chi connectivity index (χ0) is 27.7. The second kappa shape index (κ2) is 10.8. The molecule has 39 heavy (non-hydrogen) atoms. The molecule has 8 nitrogen and oxygen atoms in total. The van der Waals surface area contributed by atoms with Gasteiger partial charge in [-0.3, -0.25) is 9.59 Å². The molecule has 0 radical (unpaired) electrons. The minimum atomic E-state index is -0.676. The van der Waals surface area contributed by atoms with Crippen molar-refractivity contribution in [2.24, 2.45) is 0 Å². The van der Waals surface area contributed by atoms with Crippen molar-refractivity contribution in [3.63, 3.8) is 0 Å². The van der Waals surface area contributed by atoms with E-state index in [-0.39, 0.29) is 5.92 Å². The zero-order valence-electron chi connectivity index (χ0n) is 23.2. The van der Waals surface area contributed by atoms with Crippen LogP contribution in [0, 0.1) is 13.8 Å². The van der Waals surface area contributed by atoms with Crippen molar-refractivity contribution in [3.8, 4) is 5.75 Å². The van der Waals surface area contributed by atoms with Crippen molar-refractivity contribution in [1.29, 1.82) is 0 Å². The van der Waals surface area contributed by atoms with Crippen LogP contribution in [0.5, 0.6) is 5.75 Å². The molecule has 0 aliphatic carbocycles. The van der Waals surface area contributed by atoms with E-state index < -0.39 is 11.7 Å². The third-order valence-corrected chi connectivity index (χ3v) is 7.22. The lowest BCUT2D eigenvalue weighted by Gasteiger charge is -2.37. The quantitative estimate of drug-likeness (QED) is 0.263. The Morgan fingerprint density at radius 1 is 0.949 bits per heavy atom. The van der Waals surface area contributed by atoms with Crippen molar-refractivity contribution in [2.75, 3.05) is 48.4 Å². The van der Waals surface area contributed by atoms with Gasteiger partial charge in [-0.2, -0.15) is 0 Å². The average Bonchev–Trinajstić information content (AvgIpc) is 3.32. The number of rotatable bonds is 7. The third kappa shape index (κ3) is 5.32. The summed E-state index contributed by atoms with van der Waals surface area (Å²) in [4.78, 5) is 35.7. The molecule has 1 saturated heterocycles. The second-order valence-electron chi connectivity index (χ2n) is 10.4. The molecule has 202 valence electrons. The minimum absolute atomic E-state index is 0.0993. The van der Waals surface area contributed by atoms with Crippen LogP contribution in [0.3, 0.4) is 0 Å². The number of nitrogens with zero attached hydrogens (tertiary/aromatic N) is 4. The van der Waals surface area contributed by atoms with Gasteiger partial charge in [0.1, 0.15) is 17.3 Å². The van der Waals surface area contributed by atoms with E-state index in [2.05, 4.69) is 34.2 Å². The van der Waals surface area contributed by atoms with Gasteiger partial charge in [0.05, 0.1) is 12.8 Å². The fraction of sp³-hybridized carbons (Fsp3) is 0.323. The summed E-state index contributed by atoms with van der Waals surface area (Å²) in [5, 5.41) is 2.79. The van der Waals surface area contributed by atoms with Gasteiger partial charge in [-0.15, -0.1) is 0 Å². The van der Waals surface area contributed by atoms with E-state index in [0.29, 0.717) is 17.1 Å². The van der Waals surface area contributed by atoms with Gasteiger partial charge >= 0.3 is 0 Å². The van der Waals surface area contributed by atoms with Gasteiger partial charge in [-0.1, -0.05) is 19.9 Å². The highest BCUT2D eigenvalue weighted by molar-refractivity contribution is 6.46. The summed E-state index contributed by atoms with van der Waals surface area (Å²) < 4.78 is 7.48. The Hall–Kier alpha value is -4.33. The summed E-state index contributed by atoms with van der Waals surface area (Å²) in [5.41, 5.74) is 5.84. The van der Waals surface area contributed by atoms with Crippen molar-refractivity contribution < 1.29 is 14.3 Å². The van der Waals surface area contributed by atoms with Crippen molar-refractivity contribution in [1.82, 2.24) is 9.38 Å². The number of aromatic nitrogens is 2. The van der Waals surface area contributed by atoms with E-state index >= 15 is 0 Å². The predicted octanol–water partition coefficient (Wildman–Crippen LogP) is 5.23. The Kier molecular flexibility index (Phi) is 7.28. The fourth-order valence-corrected chi connectivity index (χ4v) is 5.30. The predicted molar refractivity (Wildman–Crippen MR) is 156 cm³/mol. The molecular formula is C31H35N5O3. The number of nitrogens with one attached hydrogen (secondary N) is 1. The first-order chi connectivity index (χ1) is 18.7. The molecule has 0 saturated carbocycles. The highest BCUT2D eigenvalue weighted by Crippen LogP contribution is 2.33. The number of hydrogen-bond acceptors (Lipinski definition) is 6. The van der Waals surface area contributed by atoms with E-state index in [0.717, 1.165) is 54.5 Å². The molecule has 8 heteroatoms. The summed E-state index contributed by atoms with van der Waals surface area (Å²) in [7, 11) is 1.62. The van der Waals surface area contributed by atoms with Crippen LogP contribution in [-0.2, 0) is 4.79 Å². The number of methoxy groups -OCH3 is 1. The number of Topliss-reactive ketones (excluding diaryl/α,β-unsaturated/α-hetero) is 1. The molecule has 0 spiro atoms. The highest BCUT2D eigenvalue weighted by Gasteiger charge is 2.26. The first kappa shape index (κ1) is 26.3. The third-order valence-electron chi connectivity index (χ3n) is 7.22. The molecule has 1 N–H and O–H groups in total. The molecule has 1 amide bonds. The normalized spacial score (nSPS) is 13.7. The summed E-state index contributed by atoms with van der Waals surface area (Å²) in [6, 6.07) is 17.4. The van der Waals surface area contributed by atoms with Crippen molar-refractivity contribution in [3.05, 3.63) is 83.3 Å². The fourth-order valence-electron chi connectivity index (χ4n) is 5.30. The standard InChI is InChI=1S/C31H35N5O3/c1-20(2)25-19-24-8-6-7-11-36(24)29(25)30(37)31(38)33-23-9-10-26(27(18-23)39-5)34-12-14-35(15-13-34)28-17-21(3)16-22(4)32-28/h6-11,16-20H,12-15H2,1-5H3,(H,33,38). The highest BCUT2D eigenvalue weighted by atomic mass is 16.5. The smallest absolute Gasteiger partial charge is 0.298 e. The maximum Gasteiger partial charge on any atom is 0.298 e. The number of ketones is 1. The number of ether oxygens (including phenoxy) is 1. The molecular weight excluding hydrogens is 490 g/mol. The van der Waals surface area contributed by atoms with Gasteiger partial charge < -0.3 is 24.3 Å². The molecule has 0 atom stereocenters. The van der Waals surface area contributed by atoms with Crippen LogP contribution in [0.1, 0.15) is 47.1 Å². The first-order valence-electron chi connectivity index (χ1n) is 13.3. The second-order valence-corrected chi connectivity index (χ2v) is 10.4. The van der Waals surface area contributed by atoms with Crippen LogP contribution in [-0.4, -0.2) is 54.4 Å². The largest absolute Gasteiger partial charge is 0.495 e. The Balaban J connectivity index is 1.30. The lowest BCUT2D eigenvalue weighted by Crippen LogP contribution is -2.47. The number of benzene rings is 1. The Labute approximate surface area is 229 Å². The van der Waals surface area contributed by atoms with E-state index in [9.17, 15) is 9.59 Å². The lowest BCUT2D eigenvalue weighted by molar-refractivity contribution is -0.112. The number of anilines is 3. The van der Waals surface area contributed by atoms with Gasteiger partial charge in [0, 0.05) is 55.3 Å². The molecule has 5 rings (SSSR count). The zero-order valence-corrected chi connectivity index (χ0v) is 23.2. The maximum absolute atomic E-state index is 13.3. The van der Waals surface area contributed by atoms with Gasteiger partial charge in [0.2, 0.25) is 0 Å². The minimum Gasteiger partial charge on any atom is -0.495 e.